The molecule has 0 saturated heterocycles. The summed E-state index contributed by atoms with van der Waals surface area (Å²) in [5, 5.41) is 6.53. The van der Waals surface area contributed by atoms with Crippen molar-refractivity contribution in [3.8, 4) is 11.4 Å². The van der Waals surface area contributed by atoms with E-state index in [1.165, 1.54) is 6.33 Å². The van der Waals surface area contributed by atoms with Gasteiger partial charge < -0.3 is 0 Å². The van der Waals surface area contributed by atoms with Gasteiger partial charge in [-0.1, -0.05) is 0 Å². The maximum atomic E-state index is 3.97. The molecule has 2 aromatic rings. The van der Waals surface area contributed by atoms with Crippen LogP contribution in [0.5, 0.6) is 0 Å². The number of rotatable bonds is 1. The molecule has 2 rings (SSSR count). The second kappa shape index (κ2) is 2.49. The van der Waals surface area contributed by atoms with Crippen molar-refractivity contribution >= 4 is 0 Å². The van der Waals surface area contributed by atoms with E-state index in [0.29, 0.717) is 5.82 Å². The van der Waals surface area contributed by atoms with Crippen LogP contribution in [0.1, 0.15) is 0 Å². The Morgan fingerprint density at radius 2 is 2.45 bits per heavy atom. The van der Waals surface area contributed by atoms with Crippen molar-refractivity contribution in [2.45, 2.75) is 0 Å². The van der Waals surface area contributed by atoms with Crippen molar-refractivity contribution in [2.24, 2.45) is 0 Å². The van der Waals surface area contributed by atoms with Crippen LogP contribution in [0.3, 0.4) is 0 Å². The Hall–Kier alpha value is -1.71. The fraction of sp³-hybridized carbons (Fsp3) is 0. The van der Waals surface area contributed by atoms with E-state index in [0.717, 1.165) is 5.56 Å². The Morgan fingerprint density at radius 3 is 3.09 bits per heavy atom. The third-order valence-corrected chi connectivity index (χ3v) is 1.29. The van der Waals surface area contributed by atoms with Gasteiger partial charge in [-0.15, -0.1) is 0 Å². The molecule has 2 aromatic heterocycles. The highest BCUT2D eigenvalue weighted by atomic mass is 15.2. The van der Waals surface area contributed by atoms with Gasteiger partial charge in [-0.3, -0.25) is 10.1 Å². The molecule has 0 amide bonds. The standard InChI is InChI=1S/C7H5N4/c1-2-6(4-8-3-1)7-9-5-10-11-7/h1-2,4-5H,(H,9,10,11). The Balaban J connectivity index is 2.46. The molecule has 0 aromatic carbocycles. The summed E-state index contributed by atoms with van der Waals surface area (Å²) in [4.78, 5) is 7.79. The zero-order valence-electron chi connectivity index (χ0n) is 5.65. The molecule has 0 saturated carbocycles. The highest BCUT2D eigenvalue weighted by molar-refractivity contribution is 5.51. The molecule has 2 heterocycles. The number of pyridine rings is 1. The van der Waals surface area contributed by atoms with E-state index >= 15 is 0 Å². The van der Waals surface area contributed by atoms with E-state index in [1.807, 2.05) is 6.07 Å². The highest BCUT2D eigenvalue weighted by Gasteiger charge is 1.98. The van der Waals surface area contributed by atoms with Crippen LogP contribution in [0, 0.1) is 6.20 Å². The average molecular weight is 145 g/mol. The fourth-order valence-electron chi connectivity index (χ4n) is 0.800. The van der Waals surface area contributed by atoms with Gasteiger partial charge in [0.25, 0.3) is 0 Å². The molecule has 0 aliphatic carbocycles. The lowest BCUT2D eigenvalue weighted by Crippen LogP contribution is -1.80. The van der Waals surface area contributed by atoms with Gasteiger partial charge in [-0.25, -0.2) is 4.98 Å². The predicted molar refractivity (Wildman–Crippen MR) is 38.4 cm³/mol. The first kappa shape index (κ1) is 6.03. The highest BCUT2D eigenvalue weighted by Crippen LogP contribution is 2.09. The van der Waals surface area contributed by atoms with Crippen molar-refractivity contribution in [2.75, 3.05) is 0 Å². The SMILES string of the molecule is [c]1ccc(-c2nc[nH]n2)cn1. The lowest BCUT2D eigenvalue weighted by molar-refractivity contribution is 1.09. The smallest absolute Gasteiger partial charge is 0.182 e. The quantitative estimate of drug-likeness (QED) is 0.641. The van der Waals surface area contributed by atoms with Gasteiger partial charge in [0.1, 0.15) is 6.33 Å². The molecule has 0 spiro atoms. The molecule has 1 N–H and O–H groups in total. The molecular formula is C7H5N4. The lowest BCUT2D eigenvalue weighted by Gasteiger charge is -1.89. The largest absolute Gasteiger partial charge is 0.265 e. The van der Waals surface area contributed by atoms with Gasteiger partial charge in [0.05, 0.1) is 6.20 Å². The summed E-state index contributed by atoms with van der Waals surface area (Å²) in [6.45, 7) is 0. The molecule has 1 radical (unpaired) electrons. The summed E-state index contributed by atoms with van der Waals surface area (Å²) in [6, 6.07) is 3.59. The van der Waals surface area contributed by atoms with Gasteiger partial charge in [-0.2, -0.15) is 5.10 Å². The first-order valence-electron chi connectivity index (χ1n) is 3.15. The minimum Gasteiger partial charge on any atom is -0.265 e. The molecule has 0 atom stereocenters. The summed E-state index contributed by atoms with van der Waals surface area (Å²) in [5.74, 6) is 0.659. The number of aromatic amines is 1. The van der Waals surface area contributed by atoms with Crippen LogP contribution >= 0.6 is 0 Å². The summed E-state index contributed by atoms with van der Waals surface area (Å²) in [5.41, 5.74) is 0.894. The Bertz CT molecular complexity index is 313. The van der Waals surface area contributed by atoms with E-state index in [-0.39, 0.29) is 0 Å². The van der Waals surface area contributed by atoms with Crippen molar-refractivity contribution in [3.63, 3.8) is 0 Å². The molecule has 53 valence electrons. The van der Waals surface area contributed by atoms with E-state index in [9.17, 15) is 0 Å². The normalized spacial score (nSPS) is 9.82. The first-order chi connectivity index (χ1) is 5.47. The zero-order valence-corrected chi connectivity index (χ0v) is 5.65. The molecule has 11 heavy (non-hydrogen) atoms. The summed E-state index contributed by atoms with van der Waals surface area (Å²) >= 11 is 0. The van der Waals surface area contributed by atoms with Crippen LogP contribution in [0.2, 0.25) is 0 Å². The van der Waals surface area contributed by atoms with Crippen LogP contribution < -0.4 is 0 Å². The molecule has 0 aliphatic heterocycles. The van der Waals surface area contributed by atoms with Crippen LogP contribution in [0.4, 0.5) is 0 Å². The third kappa shape index (κ3) is 1.10. The number of hydrogen-bond acceptors (Lipinski definition) is 3. The molecule has 0 fully saturated rings. The van der Waals surface area contributed by atoms with Crippen molar-refractivity contribution in [3.05, 3.63) is 30.9 Å². The fourth-order valence-corrected chi connectivity index (χ4v) is 0.800. The third-order valence-electron chi connectivity index (χ3n) is 1.29. The van der Waals surface area contributed by atoms with Crippen LogP contribution in [-0.4, -0.2) is 20.2 Å². The minimum absolute atomic E-state index is 0.659. The average Bonchev–Trinajstić information content (AvgIpc) is 2.58. The van der Waals surface area contributed by atoms with Gasteiger partial charge in [0.2, 0.25) is 0 Å². The topological polar surface area (TPSA) is 54.5 Å². The maximum Gasteiger partial charge on any atom is 0.182 e. The zero-order chi connectivity index (χ0) is 7.52. The van der Waals surface area contributed by atoms with Crippen molar-refractivity contribution in [1.29, 1.82) is 0 Å². The summed E-state index contributed by atoms with van der Waals surface area (Å²) < 4.78 is 0. The lowest BCUT2D eigenvalue weighted by atomic mass is 10.3. The van der Waals surface area contributed by atoms with Gasteiger partial charge >= 0.3 is 0 Å². The molecular weight excluding hydrogens is 140 g/mol. The predicted octanol–water partition coefficient (Wildman–Crippen LogP) is 0.667. The van der Waals surface area contributed by atoms with Crippen LogP contribution in [0.25, 0.3) is 11.4 Å². The van der Waals surface area contributed by atoms with E-state index < -0.39 is 0 Å². The Kier molecular flexibility index (Phi) is 1.37. The Labute approximate surface area is 63.3 Å². The van der Waals surface area contributed by atoms with Crippen molar-refractivity contribution in [1.82, 2.24) is 20.2 Å². The second-order valence-corrected chi connectivity index (χ2v) is 2.00. The van der Waals surface area contributed by atoms with E-state index in [4.69, 9.17) is 0 Å². The first-order valence-corrected chi connectivity index (χ1v) is 3.15. The number of hydrogen-bond donors (Lipinski definition) is 1. The van der Waals surface area contributed by atoms with Gasteiger partial charge in [0.15, 0.2) is 5.82 Å². The second-order valence-electron chi connectivity index (χ2n) is 2.00. The van der Waals surface area contributed by atoms with Gasteiger partial charge in [-0.05, 0) is 12.1 Å². The number of H-pyrrole nitrogens is 1. The molecule has 0 bridgehead atoms. The number of nitrogens with zero attached hydrogens (tertiary/aromatic N) is 3. The van der Waals surface area contributed by atoms with Crippen LogP contribution in [-0.2, 0) is 0 Å². The maximum absolute atomic E-state index is 3.97. The van der Waals surface area contributed by atoms with E-state index in [2.05, 4.69) is 26.4 Å². The molecule has 4 heteroatoms. The molecule has 4 nitrogen and oxygen atoms in total. The summed E-state index contributed by atoms with van der Waals surface area (Å²) in [7, 11) is 0. The minimum atomic E-state index is 0.659. The summed E-state index contributed by atoms with van der Waals surface area (Å²) in [6.07, 6.45) is 5.88. The Morgan fingerprint density at radius 1 is 1.45 bits per heavy atom. The molecule has 0 unspecified atom stereocenters. The monoisotopic (exact) mass is 145 g/mol. The number of nitrogens with one attached hydrogen (secondary N) is 1. The number of aromatic nitrogens is 4. The van der Waals surface area contributed by atoms with Crippen LogP contribution in [0.15, 0.2) is 24.7 Å². The van der Waals surface area contributed by atoms with Gasteiger partial charge in [0, 0.05) is 11.8 Å². The molecule has 0 aliphatic rings. The van der Waals surface area contributed by atoms with E-state index in [1.54, 1.807) is 12.3 Å². The van der Waals surface area contributed by atoms with Crippen molar-refractivity contribution < 1.29 is 0 Å².